The topological polar surface area (TPSA) is 9.23 Å². The summed E-state index contributed by atoms with van der Waals surface area (Å²) in [7, 11) is 0. The van der Waals surface area contributed by atoms with E-state index in [0.717, 1.165) is 6.42 Å². The molecule has 0 saturated heterocycles. The second kappa shape index (κ2) is 11.2. The summed E-state index contributed by atoms with van der Waals surface area (Å²) in [6.07, 6.45) is 19.3. The van der Waals surface area contributed by atoms with Gasteiger partial charge in [-0.3, -0.25) is 0 Å². The van der Waals surface area contributed by atoms with Crippen LogP contribution in [0.5, 0.6) is 0 Å². The van der Waals surface area contributed by atoms with Crippen LogP contribution in [0.3, 0.4) is 0 Å². The molecule has 0 aliphatic heterocycles. The van der Waals surface area contributed by atoms with Gasteiger partial charge in [0.15, 0.2) is 0 Å². The summed E-state index contributed by atoms with van der Waals surface area (Å²) in [6, 6.07) is 0. The van der Waals surface area contributed by atoms with Gasteiger partial charge in [0, 0.05) is 6.42 Å². The number of hydrogen-bond donors (Lipinski definition) is 0. The molecule has 0 N–H and O–H groups in total. The summed E-state index contributed by atoms with van der Waals surface area (Å²) in [4.78, 5) is 0. The molecule has 0 aromatic heterocycles. The number of allylic oxidation sites excluding steroid dienone is 2. The van der Waals surface area contributed by atoms with Crippen molar-refractivity contribution in [3.05, 3.63) is 11.8 Å². The summed E-state index contributed by atoms with van der Waals surface area (Å²) >= 11 is 0. The first-order valence-corrected chi connectivity index (χ1v) is 9.06. The lowest BCUT2D eigenvalue weighted by molar-refractivity contribution is 0.136. The molecule has 0 saturated carbocycles. The molecule has 0 spiro atoms. The first-order valence-electron chi connectivity index (χ1n) is 9.06. The highest BCUT2D eigenvalue weighted by Crippen LogP contribution is 2.21. The van der Waals surface area contributed by atoms with Crippen molar-refractivity contribution in [3.8, 4) is 0 Å². The Hall–Kier alpha value is -0.460. The summed E-state index contributed by atoms with van der Waals surface area (Å²) in [5.41, 5.74) is 0. The summed E-state index contributed by atoms with van der Waals surface area (Å²) in [5, 5.41) is 0. The van der Waals surface area contributed by atoms with Crippen molar-refractivity contribution < 1.29 is 4.74 Å². The van der Waals surface area contributed by atoms with Gasteiger partial charge in [0.05, 0.1) is 11.9 Å². The third-order valence-electron chi connectivity index (χ3n) is 4.19. The molecular formula is C19H36O. The largest absolute Gasteiger partial charge is 0.496 e. The van der Waals surface area contributed by atoms with Crippen LogP contribution in [0.15, 0.2) is 11.8 Å². The van der Waals surface area contributed by atoms with Gasteiger partial charge in [-0.1, -0.05) is 64.7 Å². The van der Waals surface area contributed by atoms with Gasteiger partial charge in [-0.25, -0.2) is 0 Å². The standard InChI is InChI=1S/C19H36O/c1-17(2)20-19-15-13-11-9-7-5-4-6-8-10-12-14-18(3)16-19/h16-18H,4-15H2,1-3H3/b19-16+. The second-order valence-electron chi connectivity index (χ2n) is 6.85. The van der Waals surface area contributed by atoms with Crippen molar-refractivity contribution >= 4 is 0 Å². The Balaban J connectivity index is 2.47. The molecular weight excluding hydrogens is 244 g/mol. The molecule has 1 atom stereocenters. The van der Waals surface area contributed by atoms with E-state index in [2.05, 4.69) is 26.8 Å². The number of ether oxygens (including phenoxy) is 1. The molecule has 1 nitrogen and oxygen atoms in total. The van der Waals surface area contributed by atoms with Crippen LogP contribution in [0.2, 0.25) is 0 Å². The Morgan fingerprint density at radius 1 is 0.850 bits per heavy atom. The average molecular weight is 280 g/mol. The summed E-state index contributed by atoms with van der Waals surface area (Å²) in [5.74, 6) is 1.93. The SMILES string of the molecule is CC1/C=C(/OC(C)C)CCCCCCCCCCCC1. The Morgan fingerprint density at radius 3 is 1.90 bits per heavy atom. The maximum Gasteiger partial charge on any atom is 0.0926 e. The van der Waals surface area contributed by atoms with E-state index in [9.17, 15) is 0 Å². The van der Waals surface area contributed by atoms with Gasteiger partial charge in [0.1, 0.15) is 0 Å². The van der Waals surface area contributed by atoms with E-state index in [1.165, 1.54) is 76.4 Å². The Labute approximate surface area is 127 Å². The van der Waals surface area contributed by atoms with E-state index in [4.69, 9.17) is 4.74 Å². The van der Waals surface area contributed by atoms with Gasteiger partial charge in [-0.15, -0.1) is 0 Å². The normalized spacial score (nSPS) is 27.2. The van der Waals surface area contributed by atoms with Crippen LogP contribution in [0.25, 0.3) is 0 Å². The number of hydrogen-bond acceptors (Lipinski definition) is 1. The highest BCUT2D eigenvalue weighted by molar-refractivity contribution is 4.96. The predicted molar refractivity (Wildman–Crippen MR) is 88.9 cm³/mol. The molecule has 20 heavy (non-hydrogen) atoms. The van der Waals surface area contributed by atoms with Crippen molar-refractivity contribution in [1.29, 1.82) is 0 Å². The molecule has 0 fully saturated rings. The predicted octanol–water partition coefficient (Wildman–Crippen LogP) is 6.63. The van der Waals surface area contributed by atoms with Crippen LogP contribution in [-0.4, -0.2) is 6.10 Å². The van der Waals surface area contributed by atoms with Crippen molar-refractivity contribution in [2.24, 2.45) is 5.92 Å². The minimum Gasteiger partial charge on any atom is -0.496 e. The first-order chi connectivity index (χ1) is 9.68. The molecule has 0 aromatic rings. The molecule has 1 aliphatic carbocycles. The van der Waals surface area contributed by atoms with Crippen molar-refractivity contribution in [3.63, 3.8) is 0 Å². The van der Waals surface area contributed by atoms with Crippen molar-refractivity contribution in [2.75, 3.05) is 0 Å². The van der Waals surface area contributed by atoms with Crippen LogP contribution in [0, 0.1) is 5.92 Å². The third kappa shape index (κ3) is 9.44. The van der Waals surface area contributed by atoms with Gasteiger partial charge in [0.25, 0.3) is 0 Å². The Bertz CT molecular complexity index is 254. The van der Waals surface area contributed by atoms with Crippen LogP contribution < -0.4 is 0 Å². The zero-order valence-corrected chi connectivity index (χ0v) is 14.1. The molecule has 0 heterocycles. The van der Waals surface area contributed by atoms with Gasteiger partial charge in [-0.2, -0.15) is 0 Å². The van der Waals surface area contributed by atoms with Crippen LogP contribution in [0.1, 0.15) is 97.8 Å². The molecule has 1 aliphatic rings. The highest BCUT2D eigenvalue weighted by Gasteiger charge is 2.06. The fourth-order valence-electron chi connectivity index (χ4n) is 3.06. The van der Waals surface area contributed by atoms with Crippen LogP contribution in [0.4, 0.5) is 0 Å². The lowest BCUT2D eigenvalue weighted by atomic mass is 10.0. The van der Waals surface area contributed by atoms with Gasteiger partial charge >= 0.3 is 0 Å². The molecule has 1 heteroatoms. The van der Waals surface area contributed by atoms with Crippen molar-refractivity contribution in [1.82, 2.24) is 0 Å². The lowest BCUT2D eigenvalue weighted by Gasteiger charge is -2.16. The van der Waals surface area contributed by atoms with Crippen LogP contribution in [-0.2, 0) is 4.74 Å². The highest BCUT2D eigenvalue weighted by atomic mass is 16.5. The average Bonchev–Trinajstić information content (AvgIpc) is 2.39. The first kappa shape index (κ1) is 17.6. The molecule has 1 unspecified atom stereocenters. The van der Waals surface area contributed by atoms with Gasteiger partial charge < -0.3 is 4.74 Å². The molecule has 0 amide bonds. The molecule has 0 radical (unpaired) electrons. The van der Waals surface area contributed by atoms with E-state index >= 15 is 0 Å². The maximum atomic E-state index is 6.01. The molecule has 0 aromatic carbocycles. The Morgan fingerprint density at radius 2 is 1.35 bits per heavy atom. The van der Waals surface area contributed by atoms with E-state index in [0.29, 0.717) is 12.0 Å². The minimum atomic E-state index is 0.315. The van der Waals surface area contributed by atoms with E-state index in [1.807, 2.05) is 0 Å². The lowest BCUT2D eigenvalue weighted by Crippen LogP contribution is -2.04. The van der Waals surface area contributed by atoms with Crippen molar-refractivity contribution in [2.45, 2.75) is 104 Å². The fraction of sp³-hybridized carbons (Fsp3) is 0.895. The summed E-state index contributed by atoms with van der Waals surface area (Å²) in [6.45, 7) is 6.63. The zero-order chi connectivity index (χ0) is 14.6. The quantitative estimate of drug-likeness (QED) is 0.552. The minimum absolute atomic E-state index is 0.315. The van der Waals surface area contributed by atoms with E-state index in [-0.39, 0.29) is 0 Å². The third-order valence-corrected chi connectivity index (χ3v) is 4.19. The van der Waals surface area contributed by atoms with E-state index in [1.54, 1.807) is 0 Å². The second-order valence-corrected chi connectivity index (χ2v) is 6.85. The maximum absolute atomic E-state index is 6.01. The number of rotatable bonds is 2. The smallest absolute Gasteiger partial charge is 0.0926 e. The van der Waals surface area contributed by atoms with Gasteiger partial charge in [0.2, 0.25) is 0 Å². The van der Waals surface area contributed by atoms with Gasteiger partial charge in [-0.05, 0) is 38.7 Å². The molecule has 0 bridgehead atoms. The van der Waals surface area contributed by atoms with E-state index < -0.39 is 0 Å². The Kier molecular flexibility index (Phi) is 9.87. The molecule has 118 valence electrons. The fourth-order valence-corrected chi connectivity index (χ4v) is 3.06. The zero-order valence-electron chi connectivity index (χ0n) is 14.1. The summed E-state index contributed by atoms with van der Waals surface area (Å²) < 4.78 is 6.01. The van der Waals surface area contributed by atoms with Crippen LogP contribution >= 0.6 is 0 Å². The monoisotopic (exact) mass is 280 g/mol. The molecule has 1 rings (SSSR count).